The zero-order valence-corrected chi connectivity index (χ0v) is 15.5. The van der Waals surface area contributed by atoms with E-state index in [-0.39, 0.29) is 30.4 Å². The van der Waals surface area contributed by atoms with Crippen molar-refractivity contribution in [2.45, 2.75) is 18.4 Å². The van der Waals surface area contributed by atoms with Crippen molar-refractivity contribution in [2.75, 3.05) is 26.2 Å². The summed E-state index contributed by atoms with van der Waals surface area (Å²) in [6.07, 6.45) is 4.41. The Labute approximate surface area is 150 Å². The van der Waals surface area contributed by atoms with Crippen LogP contribution in [0.5, 0.6) is 0 Å². The van der Waals surface area contributed by atoms with E-state index >= 15 is 0 Å². The molecule has 0 spiro atoms. The van der Waals surface area contributed by atoms with Crippen LogP contribution in [-0.4, -0.2) is 69.3 Å². The summed E-state index contributed by atoms with van der Waals surface area (Å²) in [5.41, 5.74) is 0.592. The highest BCUT2D eigenvalue weighted by Gasteiger charge is 2.32. The molecule has 2 aromatic heterocycles. The van der Waals surface area contributed by atoms with Crippen molar-refractivity contribution in [1.82, 2.24) is 28.8 Å². The van der Waals surface area contributed by atoms with Gasteiger partial charge < -0.3 is 4.90 Å². The number of carbonyl (C=O) groups excluding carboxylic acids is 1. The average molecular weight is 387 g/mol. The molecular weight excluding hydrogens is 368 g/mol. The maximum Gasteiger partial charge on any atom is 0.246 e. The van der Waals surface area contributed by atoms with E-state index in [4.69, 9.17) is 11.6 Å². The lowest BCUT2D eigenvalue weighted by Crippen LogP contribution is -2.51. The summed E-state index contributed by atoms with van der Waals surface area (Å²) in [5, 5.41) is 8.44. The fourth-order valence-corrected chi connectivity index (χ4v) is 4.48. The molecule has 9 nitrogen and oxygen atoms in total. The number of aromatic nitrogens is 4. The number of rotatable bonds is 4. The summed E-state index contributed by atoms with van der Waals surface area (Å²) >= 11 is 5.78. The lowest BCUT2D eigenvalue weighted by atomic mass is 10.3. The van der Waals surface area contributed by atoms with Crippen molar-refractivity contribution in [2.24, 2.45) is 7.05 Å². The predicted molar refractivity (Wildman–Crippen MR) is 90.5 cm³/mol. The second-order valence-corrected chi connectivity index (χ2v) is 8.20. The lowest BCUT2D eigenvalue weighted by Gasteiger charge is -2.33. The molecule has 3 rings (SSSR count). The van der Waals surface area contributed by atoms with Crippen LogP contribution in [0.1, 0.15) is 5.69 Å². The smallest absolute Gasteiger partial charge is 0.246 e. The first-order valence-electron chi connectivity index (χ1n) is 7.73. The number of amides is 1. The first kappa shape index (κ1) is 17.9. The third-order valence-electron chi connectivity index (χ3n) is 4.30. The standard InChI is InChI=1S/C14H19ClN6O3S/c1-11-13(8-16-18(11)2)25(23,24)21-5-3-19(4-6-21)14(22)10-20-9-12(15)7-17-20/h7-9H,3-6,10H2,1-2H3. The van der Waals surface area contributed by atoms with Gasteiger partial charge in [-0.3, -0.25) is 14.2 Å². The summed E-state index contributed by atoms with van der Waals surface area (Å²) in [6.45, 7) is 2.99. The van der Waals surface area contributed by atoms with Gasteiger partial charge in [0.15, 0.2) is 0 Å². The number of carbonyl (C=O) groups is 1. The van der Waals surface area contributed by atoms with Gasteiger partial charge in [0.25, 0.3) is 0 Å². The minimum atomic E-state index is -3.60. The second-order valence-electron chi connectivity index (χ2n) is 5.86. The highest BCUT2D eigenvalue weighted by molar-refractivity contribution is 7.89. The zero-order chi connectivity index (χ0) is 18.2. The Morgan fingerprint density at radius 1 is 1.20 bits per heavy atom. The van der Waals surface area contributed by atoms with Gasteiger partial charge in [-0.2, -0.15) is 14.5 Å². The summed E-state index contributed by atoms with van der Waals surface area (Å²) in [4.78, 5) is 14.1. The van der Waals surface area contributed by atoms with E-state index in [9.17, 15) is 13.2 Å². The van der Waals surface area contributed by atoms with E-state index in [1.54, 1.807) is 25.1 Å². The second kappa shape index (κ2) is 6.77. The molecule has 3 heterocycles. The first-order chi connectivity index (χ1) is 11.8. The lowest BCUT2D eigenvalue weighted by molar-refractivity contribution is -0.133. The molecule has 1 aliphatic rings. The van der Waals surface area contributed by atoms with E-state index < -0.39 is 10.0 Å². The zero-order valence-electron chi connectivity index (χ0n) is 14.0. The van der Waals surface area contributed by atoms with Crippen molar-refractivity contribution in [1.29, 1.82) is 0 Å². The van der Waals surface area contributed by atoms with Gasteiger partial charge in [-0.05, 0) is 6.92 Å². The van der Waals surface area contributed by atoms with Crippen LogP contribution in [-0.2, 0) is 28.4 Å². The van der Waals surface area contributed by atoms with Gasteiger partial charge >= 0.3 is 0 Å². The fraction of sp³-hybridized carbons (Fsp3) is 0.500. The normalized spacial score (nSPS) is 16.4. The van der Waals surface area contributed by atoms with Crippen LogP contribution in [0.4, 0.5) is 0 Å². The fourth-order valence-electron chi connectivity index (χ4n) is 2.71. The van der Waals surface area contributed by atoms with Crippen LogP contribution >= 0.6 is 11.6 Å². The Morgan fingerprint density at radius 2 is 1.88 bits per heavy atom. The molecule has 0 bridgehead atoms. The molecule has 136 valence electrons. The van der Waals surface area contributed by atoms with Crippen LogP contribution < -0.4 is 0 Å². The number of sulfonamides is 1. The van der Waals surface area contributed by atoms with Gasteiger partial charge in [0.1, 0.15) is 11.4 Å². The first-order valence-corrected chi connectivity index (χ1v) is 9.55. The Balaban J connectivity index is 1.63. The number of hydrogen-bond donors (Lipinski definition) is 0. The van der Waals surface area contributed by atoms with Crippen molar-refractivity contribution >= 4 is 27.5 Å². The topological polar surface area (TPSA) is 93.3 Å². The Morgan fingerprint density at radius 3 is 2.40 bits per heavy atom. The van der Waals surface area contributed by atoms with Gasteiger partial charge in [0.2, 0.25) is 15.9 Å². The summed E-state index contributed by atoms with van der Waals surface area (Å²) in [5.74, 6) is -0.116. The molecular formula is C14H19ClN6O3S. The van der Waals surface area contributed by atoms with E-state index in [0.29, 0.717) is 23.8 Å². The van der Waals surface area contributed by atoms with Crippen LogP contribution in [0.2, 0.25) is 5.02 Å². The maximum atomic E-state index is 12.7. The molecule has 11 heteroatoms. The minimum Gasteiger partial charge on any atom is -0.338 e. The highest BCUT2D eigenvalue weighted by Crippen LogP contribution is 2.20. The molecule has 0 unspecified atom stereocenters. The van der Waals surface area contributed by atoms with Crippen molar-refractivity contribution in [3.05, 3.63) is 29.3 Å². The molecule has 0 aliphatic carbocycles. The van der Waals surface area contributed by atoms with Crippen molar-refractivity contribution in [3.8, 4) is 0 Å². The van der Waals surface area contributed by atoms with Crippen LogP contribution in [0.25, 0.3) is 0 Å². The van der Waals surface area contributed by atoms with Gasteiger partial charge in [-0.15, -0.1) is 0 Å². The molecule has 25 heavy (non-hydrogen) atoms. The Hall–Kier alpha value is -1.91. The summed E-state index contributed by atoms with van der Waals surface area (Å²) in [6, 6.07) is 0. The SMILES string of the molecule is Cc1c(S(=O)(=O)N2CCN(C(=O)Cn3cc(Cl)cn3)CC2)cnn1C. The number of halogens is 1. The number of hydrogen-bond acceptors (Lipinski definition) is 5. The number of nitrogens with zero attached hydrogens (tertiary/aromatic N) is 6. The quantitative estimate of drug-likeness (QED) is 0.743. The van der Waals surface area contributed by atoms with Gasteiger partial charge in [-0.25, -0.2) is 8.42 Å². The number of aryl methyl sites for hydroxylation is 1. The Kier molecular flexibility index (Phi) is 4.85. The maximum absolute atomic E-state index is 12.7. The Bertz CT molecular complexity index is 882. The highest BCUT2D eigenvalue weighted by atomic mass is 35.5. The number of piperazine rings is 1. The summed E-state index contributed by atoms with van der Waals surface area (Å²) in [7, 11) is -1.90. The van der Waals surface area contributed by atoms with Gasteiger partial charge in [0, 0.05) is 39.4 Å². The average Bonchev–Trinajstić information content (AvgIpc) is 3.14. The monoisotopic (exact) mass is 386 g/mol. The molecule has 0 N–H and O–H groups in total. The van der Waals surface area contributed by atoms with Gasteiger partial charge in [-0.1, -0.05) is 11.6 Å². The molecule has 0 saturated carbocycles. The molecule has 2 aromatic rings. The van der Waals surface area contributed by atoms with Crippen LogP contribution in [0.3, 0.4) is 0 Å². The van der Waals surface area contributed by atoms with Crippen LogP contribution in [0, 0.1) is 6.92 Å². The minimum absolute atomic E-state index is 0.0845. The molecule has 0 atom stereocenters. The van der Waals surface area contributed by atoms with E-state index in [2.05, 4.69) is 10.2 Å². The molecule has 1 fully saturated rings. The third-order valence-corrected chi connectivity index (χ3v) is 6.50. The van der Waals surface area contributed by atoms with E-state index in [0.717, 1.165) is 0 Å². The molecule has 1 amide bonds. The molecule has 1 aliphatic heterocycles. The summed E-state index contributed by atoms with van der Waals surface area (Å²) < 4.78 is 29.9. The van der Waals surface area contributed by atoms with E-state index in [1.807, 2.05) is 0 Å². The molecule has 1 saturated heterocycles. The van der Waals surface area contributed by atoms with Crippen molar-refractivity contribution in [3.63, 3.8) is 0 Å². The van der Waals surface area contributed by atoms with Gasteiger partial charge in [0.05, 0.1) is 23.1 Å². The van der Waals surface area contributed by atoms with Crippen LogP contribution in [0.15, 0.2) is 23.5 Å². The molecule has 0 radical (unpaired) electrons. The third kappa shape index (κ3) is 3.55. The van der Waals surface area contributed by atoms with Crippen molar-refractivity contribution < 1.29 is 13.2 Å². The largest absolute Gasteiger partial charge is 0.338 e. The molecule has 0 aromatic carbocycles. The van der Waals surface area contributed by atoms with E-state index in [1.165, 1.54) is 26.1 Å². The predicted octanol–water partition coefficient (Wildman–Crippen LogP) is 0.112.